The molecule has 0 radical (unpaired) electrons. The number of methoxy groups -OCH3 is 1. The number of carboxylic acid groups (broad SMARTS) is 1. The molecule has 2 rings (SSSR count). The lowest BCUT2D eigenvalue weighted by Gasteiger charge is -2.20. The third kappa shape index (κ3) is 5.05. The zero-order chi connectivity index (χ0) is 15.1. The monoisotopic (exact) mass is 291 g/mol. The van der Waals surface area contributed by atoms with Crippen molar-refractivity contribution >= 4 is 5.97 Å². The molecule has 4 nitrogen and oxygen atoms in total. The second kappa shape index (κ2) is 8.03. The second-order valence-electron chi connectivity index (χ2n) is 5.79. The lowest BCUT2D eigenvalue weighted by atomic mass is 9.97. The van der Waals surface area contributed by atoms with Gasteiger partial charge in [-0.1, -0.05) is 18.6 Å². The van der Waals surface area contributed by atoms with Crippen molar-refractivity contribution in [2.75, 3.05) is 13.7 Å². The third-order valence-corrected chi connectivity index (χ3v) is 4.34. The Morgan fingerprint density at radius 1 is 1.43 bits per heavy atom. The first-order valence-electron chi connectivity index (χ1n) is 7.77. The van der Waals surface area contributed by atoms with Crippen molar-refractivity contribution in [3.05, 3.63) is 29.8 Å². The maximum absolute atomic E-state index is 10.7. The number of hydrogen-bond acceptors (Lipinski definition) is 3. The Balaban J connectivity index is 1.75. The number of nitrogens with one attached hydrogen (secondary N) is 1. The third-order valence-electron chi connectivity index (χ3n) is 4.34. The fourth-order valence-electron chi connectivity index (χ4n) is 3.19. The maximum Gasteiger partial charge on any atom is 0.303 e. The van der Waals surface area contributed by atoms with Crippen molar-refractivity contribution in [2.24, 2.45) is 5.92 Å². The quantitative estimate of drug-likeness (QED) is 0.773. The van der Waals surface area contributed by atoms with Crippen LogP contribution in [0.2, 0.25) is 0 Å². The standard InChI is InChI=1S/C17H25NO3/c1-21-15-6-2-4-13(12-15)10-11-18-16-7-3-5-14(16)8-9-17(19)20/h2,4,6,12,14,16,18H,3,5,7-11H2,1H3,(H,19,20)/t14-,16-/m0/s1. The van der Waals surface area contributed by atoms with Crippen molar-refractivity contribution in [2.45, 2.75) is 44.6 Å². The molecule has 0 amide bonds. The van der Waals surface area contributed by atoms with Crippen LogP contribution >= 0.6 is 0 Å². The molecule has 1 aliphatic rings. The molecule has 0 bridgehead atoms. The van der Waals surface area contributed by atoms with Gasteiger partial charge in [-0.2, -0.15) is 0 Å². The Morgan fingerprint density at radius 3 is 3.05 bits per heavy atom. The molecule has 21 heavy (non-hydrogen) atoms. The van der Waals surface area contributed by atoms with Crippen LogP contribution < -0.4 is 10.1 Å². The molecule has 0 aromatic heterocycles. The van der Waals surface area contributed by atoms with E-state index in [1.807, 2.05) is 12.1 Å². The molecule has 1 aromatic carbocycles. The van der Waals surface area contributed by atoms with E-state index in [2.05, 4.69) is 17.4 Å². The first-order chi connectivity index (χ1) is 10.2. The van der Waals surface area contributed by atoms with Gasteiger partial charge in [0, 0.05) is 12.5 Å². The normalized spacial score (nSPS) is 21.4. The van der Waals surface area contributed by atoms with Crippen LogP contribution in [0, 0.1) is 5.92 Å². The number of carbonyl (C=O) groups is 1. The van der Waals surface area contributed by atoms with Crippen LogP contribution in [0.1, 0.15) is 37.7 Å². The smallest absolute Gasteiger partial charge is 0.303 e. The summed E-state index contributed by atoms with van der Waals surface area (Å²) in [6.07, 6.45) is 5.60. The summed E-state index contributed by atoms with van der Waals surface area (Å²) in [6, 6.07) is 8.63. The molecular weight excluding hydrogens is 266 g/mol. The van der Waals surface area contributed by atoms with Gasteiger partial charge < -0.3 is 15.2 Å². The van der Waals surface area contributed by atoms with Crippen LogP contribution in [0.3, 0.4) is 0 Å². The van der Waals surface area contributed by atoms with Gasteiger partial charge in [0.25, 0.3) is 0 Å². The zero-order valence-electron chi connectivity index (χ0n) is 12.7. The van der Waals surface area contributed by atoms with E-state index in [9.17, 15) is 4.79 Å². The number of ether oxygens (including phenoxy) is 1. The van der Waals surface area contributed by atoms with Gasteiger partial charge in [0.2, 0.25) is 0 Å². The SMILES string of the molecule is COc1cccc(CCN[C@H]2CCC[C@H]2CCC(=O)O)c1. The molecule has 1 saturated carbocycles. The molecule has 0 saturated heterocycles. The van der Waals surface area contributed by atoms with E-state index < -0.39 is 5.97 Å². The van der Waals surface area contributed by atoms with Crippen LogP contribution in [0.4, 0.5) is 0 Å². The summed E-state index contributed by atoms with van der Waals surface area (Å²) in [6.45, 7) is 0.932. The fraction of sp³-hybridized carbons (Fsp3) is 0.588. The molecular formula is C17H25NO3. The molecule has 0 heterocycles. The minimum Gasteiger partial charge on any atom is -0.497 e. The van der Waals surface area contributed by atoms with Crippen LogP contribution in [0.15, 0.2) is 24.3 Å². The van der Waals surface area contributed by atoms with Crippen LogP contribution in [0.5, 0.6) is 5.75 Å². The maximum atomic E-state index is 10.7. The molecule has 4 heteroatoms. The van der Waals surface area contributed by atoms with Gasteiger partial charge in [-0.25, -0.2) is 0 Å². The lowest BCUT2D eigenvalue weighted by Crippen LogP contribution is -2.34. The van der Waals surface area contributed by atoms with Crippen LogP contribution in [-0.2, 0) is 11.2 Å². The van der Waals surface area contributed by atoms with Crippen molar-refractivity contribution in [1.29, 1.82) is 0 Å². The molecule has 1 fully saturated rings. The van der Waals surface area contributed by atoms with Crippen molar-refractivity contribution in [3.63, 3.8) is 0 Å². The van der Waals surface area contributed by atoms with Gasteiger partial charge in [0.1, 0.15) is 5.75 Å². The summed E-state index contributed by atoms with van der Waals surface area (Å²) >= 11 is 0. The molecule has 1 aromatic rings. The Bertz CT molecular complexity index is 461. The van der Waals surface area contributed by atoms with Crippen molar-refractivity contribution < 1.29 is 14.6 Å². The van der Waals surface area contributed by atoms with Gasteiger partial charge in [-0.05, 0) is 55.8 Å². The average molecular weight is 291 g/mol. The van der Waals surface area contributed by atoms with Crippen molar-refractivity contribution in [1.82, 2.24) is 5.32 Å². The Kier molecular flexibility index (Phi) is 6.05. The highest BCUT2D eigenvalue weighted by molar-refractivity contribution is 5.66. The number of rotatable bonds is 8. The molecule has 2 atom stereocenters. The van der Waals surface area contributed by atoms with E-state index in [4.69, 9.17) is 9.84 Å². The Hall–Kier alpha value is -1.55. The molecule has 0 unspecified atom stereocenters. The van der Waals surface area contributed by atoms with Gasteiger partial charge in [0.15, 0.2) is 0 Å². The Morgan fingerprint density at radius 2 is 2.29 bits per heavy atom. The van der Waals surface area contributed by atoms with E-state index in [1.165, 1.54) is 18.4 Å². The highest BCUT2D eigenvalue weighted by Gasteiger charge is 2.26. The topological polar surface area (TPSA) is 58.6 Å². The van der Waals surface area contributed by atoms with E-state index in [1.54, 1.807) is 7.11 Å². The minimum atomic E-state index is -0.683. The second-order valence-corrected chi connectivity index (χ2v) is 5.79. The van der Waals surface area contributed by atoms with Gasteiger partial charge >= 0.3 is 5.97 Å². The summed E-state index contributed by atoms with van der Waals surface area (Å²) in [5.41, 5.74) is 1.27. The summed E-state index contributed by atoms with van der Waals surface area (Å²) < 4.78 is 5.23. The predicted octanol–water partition coefficient (Wildman–Crippen LogP) is 2.86. The predicted molar refractivity (Wildman–Crippen MR) is 82.7 cm³/mol. The highest BCUT2D eigenvalue weighted by atomic mass is 16.5. The minimum absolute atomic E-state index is 0.290. The van der Waals surface area contributed by atoms with Crippen LogP contribution in [-0.4, -0.2) is 30.8 Å². The molecule has 0 aliphatic heterocycles. The number of carboxylic acids is 1. The first-order valence-corrected chi connectivity index (χ1v) is 7.77. The Labute approximate surface area is 126 Å². The van der Waals surface area contributed by atoms with Crippen molar-refractivity contribution in [3.8, 4) is 5.75 Å². The number of hydrogen-bond donors (Lipinski definition) is 2. The van der Waals surface area contributed by atoms with Gasteiger partial charge in [0.05, 0.1) is 7.11 Å². The summed E-state index contributed by atoms with van der Waals surface area (Å²) in [4.78, 5) is 10.7. The highest BCUT2D eigenvalue weighted by Crippen LogP contribution is 2.29. The first kappa shape index (κ1) is 15.8. The van der Waals surface area contributed by atoms with E-state index in [-0.39, 0.29) is 0 Å². The van der Waals surface area contributed by atoms with Gasteiger partial charge in [-0.3, -0.25) is 4.79 Å². The largest absolute Gasteiger partial charge is 0.497 e. The van der Waals surface area contributed by atoms with E-state index in [0.717, 1.165) is 31.6 Å². The van der Waals surface area contributed by atoms with Crippen LogP contribution in [0.25, 0.3) is 0 Å². The van der Waals surface area contributed by atoms with E-state index >= 15 is 0 Å². The lowest BCUT2D eigenvalue weighted by molar-refractivity contribution is -0.137. The molecule has 0 spiro atoms. The summed E-state index contributed by atoms with van der Waals surface area (Å²) in [5.74, 6) is 0.733. The van der Waals surface area contributed by atoms with E-state index in [0.29, 0.717) is 18.4 Å². The molecule has 2 N–H and O–H groups in total. The summed E-state index contributed by atoms with van der Waals surface area (Å²) in [7, 11) is 1.68. The number of benzene rings is 1. The average Bonchev–Trinajstić information content (AvgIpc) is 2.93. The fourth-order valence-corrected chi connectivity index (χ4v) is 3.19. The zero-order valence-corrected chi connectivity index (χ0v) is 12.7. The molecule has 1 aliphatic carbocycles. The number of aliphatic carboxylic acids is 1. The van der Waals surface area contributed by atoms with Gasteiger partial charge in [-0.15, -0.1) is 0 Å². The molecule has 116 valence electrons. The summed E-state index contributed by atoms with van der Waals surface area (Å²) in [5, 5.41) is 12.4.